The third kappa shape index (κ3) is 6.21. The van der Waals surface area contributed by atoms with E-state index in [9.17, 15) is 9.59 Å². The Morgan fingerprint density at radius 3 is 2.76 bits per heavy atom. The number of halogens is 1. The van der Waals surface area contributed by atoms with Crippen LogP contribution in [0.1, 0.15) is 38.4 Å². The maximum Gasteiger partial charge on any atom is 0.317 e. The van der Waals surface area contributed by atoms with Crippen molar-refractivity contribution < 1.29 is 14.3 Å². The van der Waals surface area contributed by atoms with Gasteiger partial charge in [0.15, 0.2) is 0 Å². The molecular weight excluding hydrogens is 342 g/mol. The standard InChI is InChI=1S/C18H26ClN3O3/c1-3-13(2)21-17(23)8-9-20-18(24)22-10-11-25-16(12-22)14-4-6-15(19)7-5-14/h4-7,13,16H,3,8-12H2,1-2H3,(H,20,24)(H,21,23). The van der Waals surface area contributed by atoms with Crippen LogP contribution in [0.4, 0.5) is 4.79 Å². The van der Waals surface area contributed by atoms with E-state index in [1.807, 2.05) is 38.1 Å². The summed E-state index contributed by atoms with van der Waals surface area (Å²) >= 11 is 5.91. The number of ether oxygens (including phenoxy) is 1. The number of hydrogen-bond donors (Lipinski definition) is 2. The predicted octanol–water partition coefficient (Wildman–Crippen LogP) is 2.73. The molecular formula is C18H26ClN3O3. The number of morpholine rings is 1. The Morgan fingerprint density at radius 2 is 2.08 bits per heavy atom. The topological polar surface area (TPSA) is 70.7 Å². The highest BCUT2D eigenvalue weighted by molar-refractivity contribution is 6.30. The molecule has 25 heavy (non-hydrogen) atoms. The molecule has 6 nitrogen and oxygen atoms in total. The molecule has 0 bridgehead atoms. The predicted molar refractivity (Wildman–Crippen MR) is 97.6 cm³/mol. The molecule has 1 fully saturated rings. The molecule has 1 aromatic carbocycles. The molecule has 2 atom stereocenters. The van der Waals surface area contributed by atoms with E-state index in [0.717, 1.165) is 12.0 Å². The van der Waals surface area contributed by atoms with Gasteiger partial charge < -0.3 is 20.3 Å². The highest BCUT2D eigenvalue weighted by atomic mass is 35.5. The molecule has 0 spiro atoms. The summed E-state index contributed by atoms with van der Waals surface area (Å²) in [5.74, 6) is -0.0457. The van der Waals surface area contributed by atoms with Crippen LogP contribution < -0.4 is 10.6 Å². The van der Waals surface area contributed by atoms with Gasteiger partial charge >= 0.3 is 6.03 Å². The Bertz CT molecular complexity index is 579. The summed E-state index contributed by atoms with van der Waals surface area (Å²) in [6.07, 6.45) is 1.00. The molecule has 2 rings (SSSR count). The summed E-state index contributed by atoms with van der Waals surface area (Å²) in [6, 6.07) is 7.44. The van der Waals surface area contributed by atoms with Crippen molar-refractivity contribution in [1.82, 2.24) is 15.5 Å². The van der Waals surface area contributed by atoms with Crippen LogP contribution in [0.2, 0.25) is 5.02 Å². The zero-order valence-electron chi connectivity index (χ0n) is 14.8. The highest BCUT2D eigenvalue weighted by Gasteiger charge is 2.25. The molecule has 1 aliphatic rings. The minimum Gasteiger partial charge on any atom is -0.370 e. The molecule has 0 aromatic heterocycles. The first-order chi connectivity index (χ1) is 12.0. The molecule has 3 amide bonds. The van der Waals surface area contributed by atoms with E-state index >= 15 is 0 Å². The van der Waals surface area contributed by atoms with Crippen molar-refractivity contribution in [3.05, 3.63) is 34.9 Å². The summed E-state index contributed by atoms with van der Waals surface area (Å²) < 4.78 is 5.75. The first kappa shape index (κ1) is 19.5. The van der Waals surface area contributed by atoms with Gasteiger partial charge in [-0.1, -0.05) is 30.7 Å². The number of rotatable bonds is 6. The second kappa shape index (κ2) is 9.63. The normalized spacial score (nSPS) is 18.5. The molecule has 0 radical (unpaired) electrons. The molecule has 0 saturated carbocycles. The molecule has 1 aliphatic heterocycles. The lowest BCUT2D eigenvalue weighted by Crippen LogP contribution is -2.47. The van der Waals surface area contributed by atoms with Crippen LogP contribution in [-0.4, -0.2) is 49.1 Å². The molecule has 1 aromatic rings. The van der Waals surface area contributed by atoms with Crippen molar-refractivity contribution >= 4 is 23.5 Å². The maximum absolute atomic E-state index is 12.3. The molecule has 0 aliphatic carbocycles. The smallest absolute Gasteiger partial charge is 0.317 e. The SMILES string of the molecule is CCC(C)NC(=O)CCNC(=O)N1CCOC(c2ccc(Cl)cc2)C1. The molecule has 1 heterocycles. The van der Waals surface area contributed by atoms with Crippen LogP contribution in [0.15, 0.2) is 24.3 Å². The lowest BCUT2D eigenvalue weighted by molar-refractivity contribution is -0.121. The van der Waals surface area contributed by atoms with Gasteiger partial charge in [-0.2, -0.15) is 0 Å². The third-order valence-electron chi connectivity index (χ3n) is 4.24. The van der Waals surface area contributed by atoms with Gasteiger partial charge in [0.1, 0.15) is 6.10 Å². The monoisotopic (exact) mass is 367 g/mol. The van der Waals surface area contributed by atoms with Crippen LogP contribution in [-0.2, 0) is 9.53 Å². The van der Waals surface area contributed by atoms with Gasteiger partial charge in [-0.25, -0.2) is 4.79 Å². The summed E-state index contributed by atoms with van der Waals surface area (Å²) in [5.41, 5.74) is 0.995. The van der Waals surface area contributed by atoms with E-state index in [2.05, 4.69) is 10.6 Å². The molecule has 7 heteroatoms. The van der Waals surface area contributed by atoms with Gasteiger partial charge in [0.2, 0.25) is 5.91 Å². The van der Waals surface area contributed by atoms with Crippen molar-refractivity contribution in [2.45, 2.75) is 38.8 Å². The average Bonchev–Trinajstić information content (AvgIpc) is 2.62. The van der Waals surface area contributed by atoms with E-state index in [1.165, 1.54) is 0 Å². The minimum absolute atomic E-state index is 0.0457. The number of nitrogens with one attached hydrogen (secondary N) is 2. The Kier molecular flexibility index (Phi) is 7.52. The number of nitrogens with zero attached hydrogens (tertiary/aromatic N) is 1. The summed E-state index contributed by atoms with van der Waals surface area (Å²) in [5, 5.41) is 6.36. The van der Waals surface area contributed by atoms with Gasteiger partial charge in [-0.05, 0) is 31.0 Å². The van der Waals surface area contributed by atoms with Crippen LogP contribution in [0, 0.1) is 0 Å². The van der Waals surface area contributed by atoms with E-state index in [1.54, 1.807) is 4.90 Å². The van der Waals surface area contributed by atoms with Crippen LogP contribution in [0.5, 0.6) is 0 Å². The van der Waals surface area contributed by atoms with Crippen molar-refractivity contribution in [3.8, 4) is 0 Å². The summed E-state index contributed by atoms with van der Waals surface area (Å²) in [7, 11) is 0. The van der Waals surface area contributed by atoms with Crippen molar-refractivity contribution in [3.63, 3.8) is 0 Å². The highest BCUT2D eigenvalue weighted by Crippen LogP contribution is 2.23. The Morgan fingerprint density at radius 1 is 1.36 bits per heavy atom. The third-order valence-corrected chi connectivity index (χ3v) is 4.50. The zero-order chi connectivity index (χ0) is 18.2. The van der Waals surface area contributed by atoms with Gasteiger partial charge in [0.05, 0.1) is 13.2 Å². The van der Waals surface area contributed by atoms with E-state index in [4.69, 9.17) is 16.3 Å². The number of hydrogen-bond acceptors (Lipinski definition) is 3. The van der Waals surface area contributed by atoms with Crippen LogP contribution in [0.25, 0.3) is 0 Å². The summed E-state index contributed by atoms with van der Waals surface area (Å²) in [4.78, 5) is 25.7. The largest absolute Gasteiger partial charge is 0.370 e. The van der Waals surface area contributed by atoms with Gasteiger partial charge in [-0.3, -0.25) is 4.79 Å². The fraction of sp³-hybridized carbons (Fsp3) is 0.556. The minimum atomic E-state index is -0.168. The first-order valence-corrected chi connectivity index (χ1v) is 9.06. The maximum atomic E-state index is 12.3. The van der Waals surface area contributed by atoms with E-state index in [-0.39, 0.29) is 30.5 Å². The van der Waals surface area contributed by atoms with Crippen molar-refractivity contribution in [1.29, 1.82) is 0 Å². The molecule has 1 saturated heterocycles. The van der Waals surface area contributed by atoms with Gasteiger partial charge in [-0.15, -0.1) is 0 Å². The lowest BCUT2D eigenvalue weighted by Gasteiger charge is -2.33. The van der Waals surface area contributed by atoms with Crippen LogP contribution in [0.3, 0.4) is 0 Å². The van der Waals surface area contributed by atoms with E-state index in [0.29, 0.717) is 31.3 Å². The Balaban J connectivity index is 1.77. The molecule has 138 valence electrons. The second-order valence-corrected chi connectivity index (χ2v) is 6.65. The van der Waals surface area contributed by atoms with Crippen molar-refractivity contribution in [2.75, 3.05) is 26.2 Å². The van der Waals surface area contributed by atoms with E-state index < -0.39 is 0 Å². The summed E-state index contributed by atoms with van der Waals surface area (Å²) in [6.45, 7) is 5.80. The Hall–Kier alpha value is -1.79. The number of benzene rings is 1. The number of carbonyl (C=O) groups is 2. The average molecular weight is 368 g/mol. The number of urea groups is 1. The lowest BCUT2D eigenvalue weighted by atomic mass is 10.1. The number of amides is 3. The zero-order valence-corrected chi connectivity index (χ0v) is 15.5. The fourth-order valence-electron chi connectivity index (χ4n) is 2.56. The first-order valence-electron chi connectivity index (χ1n) is 8.68. The van der Waals surface area contributed by atoms with Crippen molar-refractivity contribution in [2.24, 2.45) is 0 Å². The quantitative estimate of drug-likeness (QED) is 0.812. The van der Waals surface area contributed by atoms with Crippen LogP contribution >= 0.6 is 11.6 Å². The molecule has 2 unspecified atom stereocenters. The van der Waals surface area contributed by atoms with Gasteiger partial charge in [0, 0.05) is 30.6 Å². The Labute approximate surface area is 153 Å². The second-order valence-electron chi connectivity index (χ2n) is 6.22. The number of carbonyl (C=O) groups excluding carboxylic acids is 2. The fourth-order valence-corrected chi connectivity index (χ4v) is 2.68. The van der Waals surface area contributed by atoms with Gasteiger partial charge in [0.25, 0.3) is 0 Å². The molecule has 2 N–H and O–H groups in total.